The fraction of sp³-hybridized carbons (Fsp3) is 0.333. The summed E-state index contributed by atoms with van der Waals surface area (Å²) < 4.78 is 32.0. The number of nitrogens with zero attached hydrogens (tertiary/aromatic N) is 3. The van der Waals surface area contributed by atoms with E-state index in [-0.39, 0.29) is 27.1 Å². The number of hydrogen-bond donors (Lipinski definition) is 1. The molecule has 2 heterocycles. The van der Waals surface area contributed by atoms with E-state index in [4.69, 9.17) is 11.6 Å². The van der Waals surface area contributed by atoms with Crippen LogP contribution < -0.4 is 10.3 Å². The maximum atomic E-state index is 13.3. The van der Waals surface area contributed by atoms with E-state index >= 15 is 0 Å². The second-order valence-corrected chi connectivity index (χ2v) is 10.7. The predicted molar refractivity (Wildman–Crippen MR) is 132 cm³/mol. The molecule has 0 bridgehead atoms. The van der Waals surface area contributed by atoms with Crippen molar-refractivity contribution in [2.75, 3.05) is 17.8 Å². The van der Waals surface area contributed by atoms with E-state index in [0.717, 1.165) is 12.8 Å². The number of carbonyl (C=O) groups excluding carboxylic acids is 1. The summed E-state index contributed by atoms with van der Waals surface area (Å²) in [6, 6.07) is 13.1. The normalized spacial score (nSPS) is 16.5. The highest BCUT2D eigenvalue weighted by atomic mass is 35.5. The van der Waals surface area contributed by atoms with E-state index in [9.17, 15) is 18.0 Å². The minimum atomic E-state index is -4.25. The van der Waals surface area contributed by atoms with Gasteiger partial charge in [-0.15, -0.1) is 0 Å². The number of para-hydroxylation sites is 1. The van der Waals surface area contributed by atoms with Gasteiger partial charge in [0, 0.05) is 25.7 Å². The molecule has 0 aliphatic carbocycles. The first-order valence-electron chi connectivity index (χ1n) is 11.1. The molecule has 1 aliphatic heterocycles. The lowest BCUT2D eigenvalue weighted by Gasteiger charge is -2.31. The maximum absolute atomic E-state index is 13.3. The molecular weight excluding hydrogens is 476 g/mol. The van der Waals surface area contributed by atoms with Crippen LogP contribution in [0.4, 0.5) is 5.69 Å². The number of likely N-dealkylation sites (tertiary alicyclic amines) is 1. The van der Waals surface area contributed by atoms with Gasteiger partial charge in [0.15, 0.2) is 0 Å². The van der Waals surface area contributed by atoms with Crippen LogP contribution in [0.3, 0.4) is 0 Å². The first-order chi connectivity index (χ1) is 16.1. The Morgan fingerprint density at radius 1 is 1.15 bits per heavy atom. The van der Waals surface area contributed by atoms with Crippen molar-refractivity contribution in [3.63, 3.8) is 0 Å². The second-order valence-electron chi connectivity index (χ2n) is 8.69. The summed E-state index contributed by atoms with van der Waals surface area (Å²) in [7, 11) is -2.58. The fourth-order valence-corrected chi connectivity index (χ4v) is 5.92. The third kappa shape index (κ3) is 4.50. The Morgan fingerprint density at radius 2 is 1.85 bits per heavy atom. The summed E-state index contributed by atoms with van der Waals surface area (Å²) in [6.07, 6.45) is 1.97. The number of anilines is 1. The summed E-state index contributed by atoms with van der Waals surface area (Å²) >= 11 is 6.24. The number of rotatable bonds is 5. The van der Waals surface area contributed by atoms with Crippen molar-refractivity contribution in [3.05, 3.63) is 75.2 Å². The molecule has 0 radical (unpaired) electrons. The number of benzene rings is 2. The number of nitrogens with one attached hydrogen (secondary N) is 1. The highest BCUT2D eigenvalue weighted by molar-refractivity contribution is 7.92. The molecule has 1 amide bonds. The zero-order chi connectivity index (χ0) is 24.6. The van der Waals surface area contributed by atoms with E-state index in [1.54, 1.807) is 47.8 Å². The summed E-state index contributed by atoms with van der Waals surface area (Å²) in [5, 5.41) is -0.0342. The van der Waals surface area contributed by atoms with Gasteiger partial charge >= 0.3 is 0 Å². The van der Waals surface area contributed by atoms with Gasteiger partial charge in [-0.1, -0.05) is 36.7 Å². The Hall–Kier alpha value is -3.04. The van der Waals surface area contributed by atoms with E-state index in [2.05, 4.69) is 11.6 Å². The Morgan fingerprint density at radius 3 is 2.53 bits per heavy atom. The van der Waals surface area contributed by atoms with Crippen LogP contribution in [-0.4, -0.2) is 41.7 Å². The molecule has 1 aromatic heterocycles. The van der Waals surface area contributed by atoms with Crippen LogP contribution in [0.1, 0.15) is 35.8 Å². The molecule has 10 heteroatoms. The van der Waals surface area contributed by atoms with Crippen molar-refractivity contribution < 1.29 is 13.2 Å². The van der Waals surface area contributed by atoms with Gasteiger partial charge in [-0.05, 0) is 56.0 Å². The van der Waals surface area contributed by atoms with Gasteiger partial charge in [0.25, 0.3) is 21.5 Å². The lowest BCUT2D eigenvalue weighted by atomic mass is 9.99. The topological polar surface area (TPSA) is 93.4 Å². The molecule has 4 rings (SSSR count). The molecule has 0 spiro atoms. The minimum Gasteiger partial charge on any atom is -0.338 e. The van der Waals surface area contributed by atoms with Crippen LogP contribution in [0, 0.1) is 12.8 Å². The standard InChI is InChI=1S/C24H27ClN4O4S/c1-16-8-7-13-28(15-16)23(30)18-11-12-20(25)21(14-18)34(32,33)26-22-17(2)27(3)29(24(22)31)19-9-5-4-6-10-19/h4-6,9-12,14,16,26H,7-8,13,15H2,1-3H3/t16-/m1/s1. The number of amides is 1. The fourth-order valence-electron chi connectivity index (χ4n) is 4.27. The molecule has 1 aliphatic rings. The third-order valence-electron chi connectivity index (χ3n) is 6.20. The van der Waals surface area contributed by atoms with Crippen LogP contribution in [0.2, 0.25) is 5.02 Å². The SMILES string of the molecule is Cc1c(NS(=O)(=O)c2cc(C(=O)N3CCC[C@@H](C)C3)ccc2Cl)c(=O)n(-c2ccccc2)n1C. The van der Waals surface area contributed by atoms with Crippen molar-refractivity contribution in [3.8, 4) is 5.69 Å². The third-order valence-corrected chi connectivity index (χ3v) is 8.03. The van der Waals surface area contributed by atoms with Gasteiger partial charge in [-0.2, -0.15) is 0 Å². The van der Waals surface area contributed by atoms with E-state index < -0.39 is 15.6 Å². The first-order valence-corrected chi connectivity index (χ1v) is 12.9. The molecule has 180 valence electrons. The van der Waals surface area contributed by atoms with Crippen molar-refractivity contribution in [1.82, 2.24) is 14.3 Å². The van der Waals surface area contributed by atoms with Gasteiger partial charge in [-0.25, -0.2) is 13.1 Å². The van der Waals surface area contributed by atoms with E-state index in [0.29, 0.717) is 30.4 Å². The van der Waals surface area contributed by atoms with Crippen LogP contribution in [0.25, 0.3) is 5.69 Å². The lowest BCUT2D eigenvalue weighted by molar-refractivity contribution is 0.0683. The van der Waals surface area contributed by atoms with E-state index in [1.807, 2.05) is 6.07 Å². The van der Waals surface area contributed by atoms with Crippen LogP contribution in [-0.2, 0) is 17.1 Å². The summed E-state index contributed by atoms with van der Waals surface area (Å²) in [5.74, 6) is 0.157. The Labute approximate surface area is 203 Å². The van der Waals surface area contributed by atoms with Gasteiger partial charge in [0.2, 0.25) is 0 Å². The zero-order valence-electron chi connectivity index (χ0n) is 19.3. The molecule has 0 unspecified atom stereocenters. The predicted octanol–water partition coefficient (Wildman–Crippen LogP) is 3.81. The zero-order valence-corrected chi connectivity index (χ0v) is 20.9. The van der Waals surface area contributed by atoms with Crippen molar-refractivity contribution in [1.29, 1.82) is 0 Å². The summed E-state index contributed by atoms with van der Waals surface area (Å²) in [4.78, 5) is 27.6. The van der Waals surface area contributed by atoms with E-state index in [1.165, 1.54) is 22.9 Å². The highest BCUT2D eigenvalue weighted by Crippen LogP contribution is 2.27. The number of piperidine rings is 1. The van der Waals surface area contributed by atoms with Crippen LogP contribution in [0.15, 0.2) is 58.2 Å². The maximum Gasteiger partial charge on any atom is 0.296 e. The highest BCUT2D eigenvalue weighted by Gasteiger charge is 2.27. The first kappa shape index (κ1) is 24.1. The van der Waals surface area contributed by atoms with Crippen molar-refractivity contribution in [2.45, 2.75) is 31.6 Å². The molecule has 1 fully saturated rings. The van der Waals surface area contributed by atoms with Gasteiger partial charge < -0.3 is 4.90 Å². The number of carbonyl (C=O) groups is 1. The molecule has 2 aromatic carbocycles. The summed E-state index contributed by atoms with van der Waals surface area (Å²) in [5.41, 5.74) is 0.683. The van der Waals surface area contributed by atoms with Gasteiger partial charge in [0.05, 0.1) is 16.4 Å². The second kappa shape index (κ2) is 9.31. The van der Waals surface area contributed by atoms with Gasteiger partial charge in [-0.3, -0.25) is 19.0 Å². The molecular formula is C24H27ClN4O4S. The average Bonchev–Trinajstić information content (AvgIpc) is 3.02. The molecule has 34 heavy (non-hydrogen) atoms. The molecule has 1 N–H and O–H groups in total. The smallest absolute Gasteiger partial charge is 0.296 e. The number of aromatic nitrogens is 2. The van der Waals surface area contributed by atoms with Gasteiger partial charge in [0.1, 0.15) is 10.6 Å². The van der Waals surface area contributed by atoms with Crippen LogP contribution >= 0.6 is 11.6 Å². The lowest BCUT2D eigenvalue weighted by Crippen LogP contribution is -2.39. The minimum absolute atomic E-state index is 0.0342. The monoisotopic (exact) mass is 502 g/mol. The number of halogens is 1. The Bertz CT molecular complexity index is 1400. The molecule has 3 aromatic rings. The largest absolute Gasteiger partial charge is 0.338 e. The Kier molecular flexibility index (Phi) is 6.60. The molecule has 1 atom stereocenters. The number of sulfonamides is 1. The quantitative estimate of drug-likeness (QED) is 0.574. The van der Waals surface area contributed by atoms with Crippen LogP contribution in [0.5, 0.6) is 0 Å². The molecule has 8 nitrogen and oxygen atoms in total. The Balaban J connectivity index is 1.69. The molecule has 1 saturated heterocycles. The number of hydrogen-bond acceptors (Lipinski definition) is 4. The van der Waals surface area contributed by atoms with Crippen molar-refractivity contribution >= 4 is 33.2 Å². The molecule has 0 saturated carbocycles. The summed E-state index contributed by atoms with van der Waals surface area (Å²) in [6.45, 7) is 5.00. The average molecular weight is 503 g/mol. The van der Waals surface area contributed by atoms with Crippen molar-refractivity contribution in [2.24, 2.45) is 13.0 Å².